The zero-order valence-electron chi connectivity index (χ0n) is 10.5. The molecule has 90 valence electrons. The molecule has 1 aliphatic rings. The summed E-state index contributed by atoms with van der Waals surface area (Å²) in [5.74, 6) is 0.959. The van der Waals surface area contributed by atoms with Crippen molar-refractivity contribution in [3.05, 3.63) is 23.9 Å². The molecule has 0 N–H and O–H groups in total. The van der Waals surface area contributed by atoms with Gasteiger partial charge in [-0.05, 0) is 27.1 Å². The highest BCUT2D eigenvalue weighted by molar-refractivity contribution is 5.87. The molecule has 3 rings (SSSR count). The lowest BCUT2D eigenvalue weighted by Crippen LogP contribution is -2.36. The predicted octanol–water partition coefficient (Wildman–Crippen LogP) is 1.67. The number of likely N-dealkylation sites (N-methyl/N-ethyl adjacent to an activating group) is 1. The van der Waals surface area contributed by atoms with Crippen LogP contribution in [0.3, 0.4) is 0 Å². The van der Waals surface area contributed by atoms with Crippen LogP contribution in [0.15, 0.2) is 18.2 Å². The lowest BCUT2D eigenvalue weighted by molar-refractivity contribution is 0.130. The van der Waals surface area contributed by atoms with E-state index in [1.165, 1.54) is 5.39 Å². The van der Waals surface area contributed by atoms with Gasteiger partial charge in [0.05, 0.1) is 12.2 Å². The van der Waals surface area contributed by atoms with E-state index in [1.807, 2.05) is 12.1 Å². The van der Waals surface area contributed by atoms with Crippen LogP contribution in [0, 0.1) is 6.92 Å². The van der Waals surface area contributed by atoms with Crippen LogP contribution in [-0.2, 0) is 6.54 Å². The maximum Gasteiger partial charge on any atom is 0.145 e. The van der Waals surface area contributed by atoms with Crippen molar-refractivity contribution in [3.63, 3.8) is 0 Å². The van der Waals surface area contributed by atoms with E-state index in [1.54, 1.807) is 0 Å². The second-order valence-electron chi connectivity index (χ2n) is 4.92. The van der Waals surface area contributed by atoms with Gasteiger partial charge in [0.2, 0.25) is 0 Å². The van der Waals surface area contributed by atoms with Gasteiger partial charge in [0, 0.05) is 11.9 Å². The number of nitrogens with zero attached hydrogens (tertiary/aromatic N) is 3. The van der Waals surface area contributed by atoms with Crippen molar-refractivity contribution in [2.75, 3.05) is 20.6 Å². The zero-order valence-corrected chi connectivity index (χ0v) is 10.5. The fourth-order valence-electron chi connectivity index (χ4n) is 2.50. The Balaban J connectivity index is 2.05. The Morgan fingerprint density at radius 3 is 3.06 bits per heavy atom. The van der Waals surface area contributed by atoms with Crippen molar-refractivity contribution >= 4 is 10.9 Å². The SMILES string of the molecule is Cc1nn2c3c(cccc13)OC(CN(C)C)C2. The first-order valence-corrected chi connectivity index (χ1v) is 5.92. The number of rotatable bonds is 2. The van der Waals surface area contributed by atoms with E-state index in [-0.39, 0.29) is 6.10 Å². The van der Waals surface area contributed by atoms with Crippen LogP contribution in [0.2, 0.25) is 0 Å². The molecule has 1 aromatic carbocycles. The molecule has 0 aliphatic carbocycles. The third kappa shape index (κ3) is 1.69. The van der Waals surface area contributed by atoms with Crippen LogP contribution in [0.1, 0.15) is 5.69 Å². The number of hydrogen-bond donors (Lipinski definition) is 0. The molecule has 1 aliphatic heterocycles. The minimum Gasteiger partial charge on any atom is -0.485 e. The van der Waals surface area contributed by atoms with Gasteiger partial charge in [0.1, 0.15) is 17.4 Å². The molecule has 4 heteroatoms. The van der Waals surface area contributed by atoms with Crippen LogP contribution >= 0.6 is 0 Å². The summed E-state index contributed by atoms with van der Waals surface area (Å²) in [6.07, 6.45) is 0.183. The number of aromatic nitrogens is 2. The molecule has 0 saturated carbocycles. The summed E-state index contributed by atoms with van der Waals surface area (Å²) in [6, 6.07) is 6.17. The van der Waals surface area contributed by atoms with E-state index < -0.39 is 0 Å². The molecule has 0 amide bonds. The Bertz CT molecular complexity index is 559. The Morgan fingerprint density at radius 1 is 1.47 bits per heavy atom. The molecular weight excluding hydrogens is 214 g/mol. The van der Waals surface area contributed by atoms with E-state index in [4.69, 9.17) is 4.74 Å². The molecule has 0 saturated heterocycles. The monoisotopic (exact) mass is 231 g/mol. The summed E-state index contributed by atoms with van der Waals surface area (Å²) in [4.78, 5) is 2.14. The van der Waals surface area contributed by atoms with Gasteiger partial charge in [0.25, 0.3) is 0 Å². The van der Waals surface area contributed by atoms with Crippen LogP contribution in [-0.4, -0.2) is 41.4 Å². The lowest BCUT2D eigenvalue weighted by atomic mass is 10.2. The molecular formula is C13H17N3O. The van der Waals surface area contributed by atoms with Gasteiger partial charge in [-0.2, -0.15) is 5.10 Å². The molecule has 2 heterocycles. The van der Waals surface area contributed by atoms with Crippen LogP contribution < -0.4 is 4.74 Å². The first kappa shape index (κ1) is 10.6. The van der Waals surface area contributed by atoms with Crippen molar-refractivity contribution < 1.29 is 4.74 Å². The van der Waals surface area contributed by atoms with Crippen LogP contribution in [0.5, 0.6) is 5.75 Å². The third-order valence-corrected chi connectivity index (χ3v) is 3.16. The van der Waals surface area contributed by atoms with E-state index in [0.717, 1.165) is 30.0 Å². The van der Waals surface area contributed by atoms with Gasteiger partial charge in [0.15, 0.2) is 0 Å². The summed E-state index contributed by atoms with van der Waals surface area (Å²) in [7, 11) is 4.13. The fraction of sp³-hybridized carbons (Fsp3) is 0.462. The van der Waals surface area contributed by atoms with Crippen molar-refractivity contribution in [1.82, 2.24) is 14.7 Å². The second kappa shape index (κ2) is 3.74. The average Bonchev–Trinajstić information content (AvgIpc) is 2.56. The maximum atomic E-state index is 6.03. The van der Waals surface area contributed by atoms with Gasteiger partial charge in [-0.25, -0.2) is 0 Å². The molecule has 1 unspecified atom stereocenters. The van der Waals surface area contributed by atoms with Gasteiger partial charge >= 0.3 is 0 Å². The third-order valence-electron chi connectivity index (χ3n) is 3.16. The maximum absolute atomic E-state index is 6.03. The first-order chi connectivity index (χ1) is 8.15. The average molecular weight is 231 g/mol. The summed E-state index contributed by atoms with van der Waals surface area (Å²) >= 11 is 0. The van der Waals surface area contributed by atoms with Gasteiger partial charge in [-0.1, -0.05) is 12.1 Å². The lowest BCUT2D eigenvalue weighted by Gasteiger charge is -2.27. The highest BCUT2D eigenvalue weighted by atomic mass is 16.5. The number of para-hydroxylation sites is 1. The van der Waals surface area contributed by atoms with E-state index in [0.29, 0.717) is 0 Å². The topological polar surface area (TPSA) is 30.3 Å². The Kier molecular flexibility index (Phi) is 2.33. The molecule has 0 radical (unpaired) electrons. The largest absolute Gasteiger partial charge is 0.485 e. The normalized spacial score (nSPS) is 18.7. The van der Waals surface area contributed by atoms with Crippen LogP contribution in [0.4, 0.5) is 0 Å². The molecule has 4 nitrogen and oxygen atoms in total. The van der Waals surface area contributed by atoms with Crippen molar-refractivity contribution in [1.29, 1.82) is 0 Å². The smallest absolute Gasteiger partial charge is 0.145 e. The molecule has 0 bridgehead atoms. The molecule has 1 atom stereocenters. The standard InChI is InChI=1S/C13H17N3O/c1-9-11-5-4-6-12-13(11)16(14-9)8-10(17-12)7-15(2)3/h4-6,10H,7-8H2,1-3H3. The van der Waals surface area contributed by atoms with Crippen molar-refractivity contribution in [2.24, 2.45) is 0 Å². The highest BCUT2D eigenvalue weighted by Gasteiger charge is 2.23. The number of aryl methyl sites for hydroxylation is 1. The predicted molar refractivity (Wildman–Crippen MR) is 67.4 cm³/mol. The summed E-state index contributed by atoms with van der Waals surface area (Å²) in [6.45, 7) is 3.79. The zero-order chi connectivity index (χ0) is 12.0. The Hall–Kier alpha value is -1.55. The fourth-order valence-corrected chi connectivity index (χ4v) is 2.50. The number of ether oxygens (including phenoxy) is 1. The number of benzene rings is 1. The summed E-state index contributed by atoms with van der Waals surface area (Å²) in [5.41, 5.74) is 2.22. The summed E-state index contributed by atoms with van der Waals surface area (Å²) in [5, 5.41) is 5.80. The minimum absolute atomic E-state index is 0.183. The second-order valence-corrected chi connectivity index (χ2v) is 4.92. The van der Waals surface area contributed by atoms with Gasteiger partial charge in [-0.15, -0.1) is 0 Å². The van der Waals surface area contributed by atoms with Crippen molar-refractivity contribution in [2.45, 2.75) is 19.6 Å². The quantitative estimate of drug-likeness (QED) is 0.787. The molecule has 17 heavy (non-hydrogen) atoms. The van der Waals surface area contributed by atoms with Crippen molar-refractivity contribution in [3.8, 4) is 5.75 Å². The van der Waals surface area contributed by atoms with Gasteiger partial charge in [-0.3, -0.25) is 4.68 Å². The Labute approximate surface area is 101 Å². The molecule has 2 aromatic rings. The molecule has 0 fully saturated rings. The highest BCUT2D eigenvalue weighted by Crippen LogP contribution is 2.32. The van der Waals surface area contributed by atoms with E-state index >= 15 is 0 Å². The molecule has 1 aromatic heterocycles. The summed E-state index contributed by atoms with van der Waals surface area (Å²) < 4.78 is 8.11. The van der Waals surface area contributed by atoms with Gasteiger partial charge < -0.3 is 9.64 Å². The van der Waals surface area contributed by atoms with E-state index in [2.05, 4.69) is 41.8 Å². The molecule has 0 spiro atoms. The number of hydrogen-bond acceptors (Lipinski definition) is 3. The Morgan fingerprint density at radius 2 is 2.29 bits per heavy atom. The first-order valence-electron chi connectivity index (χ1n) is 5.92. The minimum atomic E-state index is 0.183. The van der Waals surface area contributed by atoms with E-state index in [9.17, 15) is 0 Å². The van der Waals surface area contributed by atoms with Crippen LogP contribution in [0.25, 0.3) is 10.9 Å².